The second-order valence-corrected chi connectivity index (χ2v) is 9.72. The summed E-state index contributed by atoms with van der Waals surface area (Å²) in [6, 6.07) is -0.949. The summed E-state index contributed by atoms with van der Waals surface area (Å²) in [5.41, 5.74) is -5.62. The number of hydrogen-bond acceptors (Lipinski definition) is 3. The number of carboxylic acid groups (broad SMARTS) is 1. The third-order valence-electron chi connectivity index (χ3n) is 6.59. The fourth-order valence-electron chi connectivity index (χ4n) is 4.71. The molecule has 1 aromatic carbocycles. The summed E-state index contributed by atoms with van der Waals surface area (Å²) in [5, 5.41) is 9.61. The lowest BCUT2D eigenvalue weighted by Gasteiger charge is -2.46. The fourth-order valence-corrected chi connectivity index (χ4v) is 4.71. The zero-order valence-electron chi connectivity index (χ0n) is 18.3. The van der Waals surface area contributed by atoms with Gasteiger partial charge in [0, 0.05) is 5.56 Å². The van der Waals surface area contributed by atoms with Crippen LogP contribution in [0.4, 0.5) is 26.3 Å². The zero-order chi connectivity index (χ0) is 25.0. The van der Waals surface area contributed by atoms with E-state index in [2.05, 4.69) is 0 Å². The first kappa shape index (κ1) is 25.3. The molecule has 1 aliphatic heterocycles. The number of alkyl halides is 6. The number of carbonyl (C=O) groups is 2. The summed E-state index contributed by atoms with van der Waals surface area (Å²) in [5.74, 6) is -2.44. The predicted octanol–water partition coefficient (Wildman–Crippen LogP) is 5.58. The van der Waals surface area contributed by atoms with Crippen molar-refractivity contribution >= 4 is 11.9 Å². The quantitative estimate of drug-likeness (QED) is 0.560. The van der Waals surface area contributed by atoms with Crippen LogP contribution in [0.25, 0.3) is 0 Å². The normalized spacial score (nSPS) is 26.6. The first-order valence-electron chi connectivity index (χ1n) is 10.5. The molecule has 184 valence electrons. The highest BCUT2D eigenvalue weighted by Crippen LogP contribution is 2.48. The van der Waals surface area contributed by atoms with Crippen molar-refractivity contribution in [1.29, 1.82) is 0 Å². The van der Waals surface area contributed by atoms with E-state index in [1.807, 2.05) is 20.8 Å². The maximum atomic E-state index is 13.3. The molecule has 1 aliphatic carbocycles. The second kappa shape index (κ2) is 8.18. The van der Waals surface area contributed by atoms with Crippen molar-refractivity contribution in [3.8, 4) is 0 Å². The van der Waals surface area contributed by atoms with Crippen LogP contribution in [0.5, 0.6) is 0 Å². The largest absolute Gasteiger partial charge is 0.480 e. The Hall–Kier alpha value is -2.30. The Bertz CT molecular complexity index is 894. The van der Waals surface area contributed by atoms with Gasteiger partial charge in [-0.2, -0.15) is 26.3 Å². The molecule has 2 aliphatic rings. The number of hydrogen-bond donors (Lipinski definition) is 1. The van der Waals surface area contributed by atoms with Crippen molar-refractivity contribution in [3.05, 3.63) is 34.9 Å². The number of nitrogens with zero attached hydrogens (tertiary/aromatic N) is 1. The van der Waals surface area contributed by atoms with Crippen LogP contribution in [0, 0.1) is 11.3 Å². The highest BCUT2D eigenvalue weighted by Gasteiger charge is 2.55. The molecule has 0 aromatic heterocycles. The van der Waals surface area contributed by atoms with Crippen LogP contribution in [0.1, 0.15) is 67.9 Å². The van der Waals surface area contributed by atoms with E-state index in [-0.39, 0.29) is 30.2 Å². The maximum Gasteiger partial charge on any atom is 0.416 e. The van der Waals surface area contributed by atoms with Gasteiger partial charge in [-0.05, 0) is 55.2 Å². The molecule has 1 amide bonds. The van der Waals surface area contributed by atoms with Gasteiger partial charge < -0.3 is 9.84 Å². The van der Waals surface area contributed by atoms with Gasteiger partial charge in [-0.15, -0.1) is 0 Å². The van der Waals surface area contributed by atoms with Crippen LogP contribution in [0.3, 0.4) is 0 Å². The molecule has 1 atom stereocenters. The van der Waals surface area contributed by atoms with Gasteiger partial charge in [0.1, 0.15) is 5.72 Å². The number of ether oxygens (including phenoxy) is 1. The summed E-state index contributed by atoms with van der Waals surface area (Å²) in [6.07, 6.45) is -8.67. The SMILES string of the molecule is CC(C)(C)C1CCC2(CC1)OC[C@H](C(=O)O)N2C(=O)c1cc(C(F)(F)F)cc(C(F)(F)F)c1. The molecule has 1 spiro atoms. The summed E-state index contributed by atoms with van der Waals surface area (Å²) in [4.78, 5) is 26.0. The third kappa shape index (κ3) is 4.97. The maximum absolute atomic E-state index is 13.3. The van der Waals surface area contributed by atoms with Crippen LogP contribution >= 0.6 is 0 Å². The topological polar surface area (TPSA) is 66.8 Å². The number of aliphatic carboxylic acids is 1. The van der Waals surface area contributed by atoms with E-state index in [1.165, 1.54) is 0 Å². The van der Waals surface area contributed by atoms with Crippen LogP contribution in [0.2, 0.25) is 0 Å². The van der Waals surface area contributed by atoms with E-state index in [0.717, 1.165) is 4.90 Å². The van der Waals surface area contributed by atoms with Gasteiger partial charge in [0.05, 0.1) is 17.7 Å². The Morgan fingerprint density at radius 1 is 0.970 bits per heavy atom. The first-order valence-corrected chi connectivity index (χ1v) is 10.5. The Morgan fingerprint density at radius 2 is 1.45 bits per heavy atom. The molecule has 1 saturated carbocycles. The van der Waals surface area contributed by atoms with E-state index in [4.69, 9.17) is 4.74 Å². The van der Waals surface area contributed by atoms with E-state index >= 15 is 0 Å². The molecule has 5 nitrogen and oxygen atoms in total. The fraction of sp³-hybridized carbons (Fsp3) is 0.636. The molecule has 1 saturated heterocycles. The van der Waals surface area contributed by atoms with Crippen LogP contribution < -0.4 is 0 Å². The number of amides is 1. The van der Waals surface area contributed by atoms with Crippen LogP contribution in [0.15, 0.2) is 18.2 Å². The third-order valence-corrected chi connectivity index (χ3v) is 6.59. The lowest BCUT2D eigenvalue weighted by atomic mass is 9.70. The summed E-state index contributed by atoms with van der Waals surface area (Å²) >= 11 is 0. The van der Waals surface area contributed by atoms with Crippen molar-refractivity contribution in [3.63, 3.8) is 0 Å². The molecule has 3 rings (SSSR count). The van der Waals surface area contributed by atoms with Gasteiger partial charge in [0.2, 0.25) is 0 Å². The lowest BCUT2D eigenvalue weighted by Crippen LogP contribution is -2.55. The van der Waals surface area contributed by atoms with E-state index in [1.54, 1.807) is 0 Å². The van der Waals surface area contributed by atoms with Gasteiger partial charge in [0.25, 0.3) is 5.91 Å². The average Bonchev–Trinajstić information content (AvgIpc) is 3.04. The van der Waals surface area contributed by atoms with Gasteiger partial charge in [-0.3, -0.25) is 9.69 Å². The van der Waals surface area contributed by atoms with Crippen molar-refractivity contribution in [1.82, 2.24) is 4.90 Å². The lowest BCUT2D eigenvalue weighted by molar-refractivity contribution is -0.145. The van der Waals surface area contributed by atoms with Crippen LogP contribution in [-0.2, 0) is 21.9 Å². The summed E-state index contributed by atoms with van der Waals surface area (Å²) in [6.45, 7) is 5.71. The minimum atomic E-state index is -5.13. The highest BCUT2D eigenvalue weighted by molar-refractivity contribution is 5.98. The number of carbonyl (C=O) groups excluding carboxylic acids is 1. The van der Waals surface area contributed by atoms with Crippen molar-refractivity contribution < 1.29 is 45.8 Å². The summed E-state index contributed by atoms with van der Waals surface area (Å²) in [7, 11) is 0. The smallest absolute Gasteiger partial charge is 0.416 e. The number of halogens is 6. The first-order chi connectivity index (χ1) is 15.0. The van der Waals surface area contributed by atoms with Gasteiger partial charge in [-0.25, -0.2) is 4.79 Å². The monoisotopic (exact) mass is 481 g/mol. The van der Waals surface area contributed by atoms with E-state index in [0.29, 0.717) is 25.0 Å². The summed E-state index contributed by atoms with van der Waals surface area (Å²) < 4.78 is 85.4. The van der Waals surface area contributed by atoms with Crippen molar-refractivity contribution in [2.75, 3.05) is 6.61 Å². The van der Waals surface area contributed by atoms with Gasteiger partial charge in [0.15, 0.2) is 6.04 Å². The van der Waals surface area contributed by atoms with Crippen molar-refractivity contribution in [2.24, 2.45) is 11.3 Å². The molecule has 11 heteroatoms. The molecule has 0 radical (unpaired) electrons. The zero-order valence-corrected chi connectivity index (χ0v) is 18.3. The molecule has 33 heavy (non-hydrogen) atoms. The van der Waals surface area contributed by atoms with Crippen LogP contribution in [-0.4, -0.2) is 40.3 Å². The second-order valence-electron chi connectivity index (χ2n) is 9.72. The molecule has 0 bridgehead atoms. The van der Waals surface area contributed by atoms with Gasteiger partial charge in [-0.1, -0.05) is 20.8 Å². The van der Waals surface area contributed by atoms with E-state index in [9.17, 15) is 41.0 Å². The molecule has 1 N–H and O–H groups in total. The number of carboxylic acids is 1. The number of benzene rings is 1. The Kier molecular flexibility index (Phi) is 6.27. The molecular formula is C22H25F6NO4. The Balaban J connectivity index is 2.05. The highest BCUT2D eigenvalue weighted by atomic mass is 19.4. The van der Waals surface area contributed by atoms with Gasteiger partial charge >= 0.3 is 18.3 Å². The molecule has 1 aromatic rings. The molecule has 2 fully saturated rings. The average molecular weight is 481 g/mol. The van der Waals surface area contributed by atoms with Crippen molar-refractivity contribution in [2.45, 2.75) is 70.6 Å². The Labute approximate surface area is 186 Å². The molecular weight excluding hydrogens is 456 g/mol. The minimum Gasteiger partial charge on any atom is -0.480 e. The molecule has 1 heterocycles. The Morgan fingerprint density at radius 3 is 1.85 bits per heavy atom. The number of rotatable bonds is 2. The van der Waals surface area contributed by atoms with E-state index < -0.39 is 59.3 Å². The predicted molar refractivity (Wildman–Crippen MR) is 104 cm³/mol. The molecule has 0 unspecified atom stereocenters. The standard InChI is InChI=1S/C22H25F6NO4/c1-19(2,3)13-4-6-20(7-5-13)29(16(11-33-20)18(31)32)17(30)12-8-14(21(23,24)25)10-15(9-12)22(26,27)28/h8-10,13,16H,4-7,11H2,1-3H3,(H,31,32)/t13?,16-,20?/m1/s1. The minimum absolute atomic E-state index is 0.0656.